The summed E-state index contributed by atoms with van der Waals surface area (Å²) in [5.74, 6) is 1.87. The Morgan fingerprint density at radius 2 is 1.74 bits per heavy atom. The largest absolute Gasteiger partial charge is 0.356 e. The Hall–Kier alpha value is -1.11. The fraction of sp³-hybridized carbons (Fsp3) is 0.737. The van der Waals surface area contributed by atoms with E-state index in [1.165, 1.54) is 0 Å². The number of likely N-dealkylation sites (tertiary alicyclic amines) is 1. The van der Waals surface area contributed by atoms with Crippen LogP contribution < -0.4 is 10.6 Å². The van der Waals surface area contributed by atoms with Gasteiger partial charge in [-0.05, 0) is 43.9 Å². The van der Waals surface area contributed by atoms with E-state index >= 15 is 0 Å². The van der Waals surface area contributed by atoms with Crippen molar-refractivity contribution in [3.8, 4) is 0 Å². The van der Waals surface area contributed by atoms with Crippen molar-refractivity contribution in [2.24, 2.45) is 11.1 Å². The van der Waals surface area contributed by atoms with Crippen molar-refractivity contribution in [3.05, 3.63) is 18.1 Å². The molecule has 0 atom stereocenters. The molecule has 4 rings (SSSR count). The van der Waals surface area contributed by atoms with Gasteiger partial charge in [0.2, 0.25) is 5.91 Å². The van der Waals surface area contributed by atoms with Crippen molar-refractivity contribution in [2.75, 3.05) is 31.6 Å². The highest BCUT2D eigenvalue weighted by Gasteiger charge is 2.37. The van der Waals surface area contributed by atoms with E-state index in [-0.39, 0.29) is 24.8 Å². The second-order valence-corrected chi connectivity index (χ2v) is 8.28. The van der Waals surface area contributed by atoms with Crippen LogP contribution in [0.15, 0.2) is 12.4 Å². The van der Waals surface area contributed by atoms with Crippen molar-refractivity contribution in [1.29, 1.82) is 0 Å². The second kappa shape index (κ2) is 8.93. The monoisotopic (exact) mass is 415 g/mol. The predicted molar refractivity (Wildman–Crippen MR) is 112 cm³/mol. The maximum Gasteiger partial charge on any atom is 0.222 e. The van der Waals surface area contributed by atoms with Crippen molar-refractivity contribution in [3.63, 3.8) is 0 Å². The number of aromatic nitrogens is 2. The van der Waals surface area contributed by atoms with Crippen LogP contribution in [0.4, 0.5) is 5.82 Å². The van der Waals surface area contributed by atoms with Crippen LogP contribution in [-0.4, -0.2) is 53.5 Å². The lowest BCUT2D eigenvalue weighted by Gasteiger charge is -2.42. The zero-order valence-corrected chi connectivity index (χ0v) is 17.6. The summed E-state index contributed by atoms with van der Waals surface area (Å²) in [4.78, 5) is 25.3. The molecule has 1 aliphatic carbocycles. The average Bonchev–Trinajstić information content (AvgIpc) is 2.74. The predicted octanol–water partition coefficient (Wildman–Crippen LogP) is 2.75. The second-order valence-electron chi connectivity index (χ2n) is 8.28. The molecule has 2 N–H and O–H groups in total. The summed E-state index contributed by atoms with van der Waals surface area (Å²) in [6.45, 7) is 2.95. The average molecular weight is 416 g/mol. The topological polar surface area (TPSA) is 75.4 Å². The maximum absolute atomic E-state index is 12.0. The Morgan fingerprint density at radius 1 is 1.07 bits per heavy atom. The van der Waals surface area contributed by atoms with Gasteiger partial charge in [-0.2, -0.15) is 0 Å². The van der Waals surface area contributed by atoms with E-state index in [1.807, 2.05) is 11.9 Å². The van der Waals surface area contributed by atoms with Crippen LogP contribution in [0, 0.1) is 5.41 Å². The SMILES string of the molecule is CN1CCC2(CCC1=O)CCN(c1cc(C3CC(N)C3)ncn1)CC2.Cl.Cl. The van der Waals surface area contributed by atoms with Gasteiger partial charge in [-0.25, -0.2) is 9.97 Å². The molecule has 152 valence electrons. The zero-order valence-electron chi connectivity index (χ0n) is 16.0. The van der Waals surface area contributed by atoms with E-state index in [0.717, 1.165) is 69.7 Å². The lowest BCUT2D eigenvalue weighted by molar-refractivity contribution is -0.129. The number of hydrogen-bond donors (Lipinski definition) is 1. The van der Waals surface area contributed by atoms with Gasteiger partial charge in [-0.1, -0.05) is 0 Å². The molecule has 2 aliphatic heterocycles. The molecule has 2 saturated heterocycles. The van der Waals surface area contributed by atoms with Gasteiger partial charge in [0.25, 0.3) is 0 Å². The maximum atomic E-state index is 12.0. The Bertz CT molecular complexity index is 645. The first-order valence-corrected chi connectivity index (χ1v) is 9.61. The molecule has 6 nitrogen and oxygen atoms in total. The molecule has 0 unspecified atom stereocenters. The highest BCUT2D eigenvalue weighted by Crippen LogP contribution is 2.42. The minimum atomic E-state index is 0. The van der Waals surface area contributed by atoms with E-state index in [1.54, 1.807) is 6.33 Å². The van der Waals surface area contributed by atoms with Gasteiger partial charge < -0.3 is 15.5 Å². The first-order valence-electron chi connectivity index (χ1n) is 9.61. The number of halogens is 2. The van der Waals surface area contributed by atoms with E-state index in [2.05, 4.69) is 20.9 Å². The number of hydrogen-bond acceptors (Lipinski definition) is 5. The summed E-state index contributed by atoms with van der Waals surface area (Å²) >= 11 is 0. The van der Waals surface area contributed by atoms with E-state index in [4.69, 9.17) is 5.73 Å². The molecular weight excluding hydrogens is 385 g/mol. The number of amides is 1. The lowest BCUT2D eigenvalue weighted by Crippen LogP contribution is -2.41. The highest BCUT2D eigenvalue weighted by molar-refractivity contribution is 5.85. The molecule has 1 aromatic rings. The van der Waals surface area contributed by atoms with Crippen molar-refractivity contribution < 1.29 is 4.79 Å². The van der Waals surface area contributed by atoms with Crippen LogP contribution in [0.25, 0.3) is 0 Å². The Kier molecular flexibility index (Phi) is 7.33. The van der Waals surface area contributed by atoms with Gasteiger partial charge in [0, 0.05) is 56.8 Å². The molecule has 1 aromatic heterocycles. The normalized spacial score (nSPS) is 27.3. The van der Waals surface area contributed by atoms with Crippen LogP contribution in [-0.2, 0) is 4.79 Å². The van der Waals surface area contributed by atoms with Gasteiger partial charge in [0.05, 0.1) is 0 Å². The number of nitrogens with two attached hydrogens (primary N) is 1. The Balaban J connectivity index is 0.00000131. The standard InChI is InChI=1S/C19H29N5O.2ClH/c1-23-7-4-19(3-2-18(23)25)5-8-24(9-6-19)17-12-16(21-13-22-17)14-10-15(20)11-14;;/h12-15H,2-11,20H2,1H3;2*1H. The van der Waals surface area contributed by atoms with Gasteiger partial charge in [0.1, 0.15) is 12.1 Å². The molecular formula is C19H31Cl2N5O. The Labute approximate surface area is 174 Å². The van der Waals surface area contributed by atoms with E-state index in [0.29, 0.717) is 29.7 Å². The fourth-order valence-electron chi connectivity index (χ4n) is 4.59. The molecule has 3 heterocycles. The van der Waals surface area contributed by atoms with Gasteiger partial charge in [-0.3, -0.25) is 4.79 Å². The number of piperidine rings is 1. The number of carbonyl (C=O) groups is 1. The molecule has 27 heavy (non-hydrogen) atoms. The molecule has 0 radical (unpaired) electrons. The first-order chi connectivity index (χ1) is 12.0. The van der Waals surface area contributed by atoms with Crippen molar-refractivity contribution in [1.82, 2.24) is 14.9 Å². The molecule has 8 heteroatoms. The van der Waals surface area contributed by atoms with Crippen molar-refractivity contribution in [2.45, 2.75) is 56.9 Å². The zero-order chi connectivity index (χ0) is 17.4. The van der Waals surface area contributed by atoms with E-state index in [9.17, 15) is 4.79 Å². The minimum Gasteiger partial charge on any atom is -0.356 e. The Morgan fingerprint density at radius 3 is 2.41 bits per heavy atom. The summed E-state index contributed by atoms with van der Waals surface area (Å²) in [5, 5.41) is 0. The third-order valence-electron chi connectivity index (χ3n) is 6.69. The van der Waals surface area contributed by atoms with Crippen LogP contribution in [0.1, 0.15) is 56.6 Å². The third-order valence-corrected chi connectivity index (χ3v) is 6.69. The van der Waals surface area contributed by atoms with Crippen LogP contribution in [0.5, 0.6) is 0 Å². The summed E-state index contributed by atoms with van der Waals surface area (Å²) in [6, 6.07) is 2.51. The van der Waals surface area contributed by atoms with Crippen LogP contribution in [0.3, 0.4) is 0 Å². The lowest BCUT2D eigenvalue weighted by atomic mass is 9.73. The highest BCUT2D eigenvalue weighted by atomic mass is 35.5. The van der Waals surface area contributed by atoms with Crippen LogP contribution in [0.2, 0.25) is 0 Å². The quantitative estimate of drug-likeness (QED) is 0.803. The van der Waals surface area contributed by atoms with Gasteiger partial charge in [-0.15, -0.1) is 24.8 Å². The summed E-state index contributed by atoms with van der Waals surface area (Å²) < 4.78 is 0. The number of anilines is 1. The molecule has 0 aromatic carbocycles. The molecule has 3 fully saturated rings. The molecule has 1 amide bonds. The summed E-state index contributed by atoms with van der Waals surface area (Å²) in [6.07, 6.45) is 8.98. The molecule has 1 saturated carbocycles. The molecule has 1 spiro atoms. The van der Waals surface area contributed by atoms with Crippen molar-refractivity contribution >= 4 is 36.5 Å². The molecule has 0 bridgehead atoms. The molecule has 3 aliphatic rings. The smallest absolute Gasteiger partial charge is 0.222 e. The van der Waals surface area contributed by atoms with Crippen LogP contribution >= 0.6 is 24.8 Å². The van der Waals surface area contributed by atoms with E-state index < -0.39 is 0 Å². The number of nitrogens with zero attached hydrogens (tertiary/aromatic N) is 4. The fourth-order valence-corrected chi connectivity index (χ4v) is 4.59. The third kappa shape index (κ3) is 4.66. The first kappa shape index (κ1) is 22.2. The summed E-state index contributed by atoms with van der Waals surface area (Å²) in [5.41, 5.74) is 7.41. The number of rotatable bonds is 2. The number of carbonyl (C=O) groups excluding carboxylic acids is 1. The van der Waals surface area contributed by atoms with Gasteiger partial charge in [0.15, 0.2) is 0 Å². The minimum absolute atomic E-state index is 0. The summed E-state index contributed by atoms with van der Waals surface area (Å²) in [7, 11) is 1.94. The van der Waals surface area contributed by atoms with Gasteiger partial charge >= 0.3 is 0 Å².